The summed E-state index contributed by atoms with van der Waals surface area (Å²) in [5.74, 6) is -0.169. The number of hydrogen-bond acceptors (Lipinski definition) is 4. The lowest BCUT2D eigenvalue weighted by Crippen LogP contribution is -2.34. The minimum Gasteiger partial charge on any atom is -0.399 e. The summed E-state index contributed by atoms with van der Waals surface area (Å²) < 4.78 is 0. The van der Waals surface area contributed by atoms with Crippen molar-refractivity contribution < 1.29 is 9.90 Å². The molecule has 0 saturated carbocycles. The van der Waals surface area contributed by atoms with E-state index in [9.17, 15) is 4.79 Å². The molecule has 5 nitrogen and oxygen atoms in total. The zero-order valence-electron chi connectivity index (χ0n) is 10.4. The van der Waals surface area contributed by atoms with E-state index in [0.717, 1.165) is 0 Å². The maximum Gasteiger partial charge on any atom is 0.253 e. The standard InChI is InChI=1S/C12H19N3O2/c1-8(7-16)15(3)11-6-9(13)4-5-10(11)12(17)14-2/h4-6,8,16H,7,13H2,1-3H3,(H,14,17). The highest BCUT2D eigenvalue weighted by Gasteiger charge is 2.17. The van der Waals surface area contributed by atoms with Gasteiger partial charge in [-0.2, -0.15) is 0 Å². The molecule has 5 heteroatoms. The van der Waals surface area contributed by atoms with Crippen LogP contribution in [0.15, 0.2) is 18.2 Å². The fourth-order valence-electron chi connectivity index (χ4n) is 1.53. The summed E-state index contributed by atoms with van der Waals surface area (Å²) in [5, 5.41) is 11.7. The van der Waals surface area contributed by atoms with E-state index >= 15 is 0 Å². The fraction of sp³-hybridized carbons (Fsp3) is 0.417. The number of carbonyl (C=O) groups excluding carboxylic acids is 1. The Hall–Kier alpha value is -1.75. The number of hydrogen-bond donors (Lipinski definition) is 3. The van der Waals surface area contributed by atoms with Gasteiger partial charge in [0.25, 0.3) is 5.91 Å². The van der Waals surface area contributed by atoms with Gasteiger partial charge in [-0.05, 0) is 25.1 Å². The van der Waals surface area contributed by atoms with Crippen LogP contribution < -0.4 is 16.0 Å². The van der Waals surface area contributed by atoms with Gasteiger partial charge in [0.15, 0.2) is 0 Å². The van der Waals surface area contributed by atoms with Gasteiger partial charge >= 0.3 is 0 Å². The van der Waals surface area contributed by atoms with E-state index < -0.39 is 0 Å². The van der Waals surface area contributed by atoms with Crippen LogP contribution in [0.4, 0.5) is 11.4 Å². The molecule has 0 aliphatic heterocycles. The predicted molar refractivity (Wildman–Crippen MR) is 69.2 cm³/mol. The van der Waals surface area contributed by atoms with E-state index in [1.807, 2.05) is 18.9 Å². The van der Waals surface area contributed by atoms with Gasteiger partial charge in [0.05, 0.1) is 17.9 Å². The topological polar surface area (TPSA) is 78.6 Å². The van der Waals surface area contributed by atoms with Gasteiger partial charge in [0.2, 0.25) is 0 Å². The molecule has 0 radical (unpaired) electrons. The molecular formula is C12H19N3O2. The Labute approximate surface area is 101 Å². The van der Waals surface area contributed by atoms with Gasteiger partial charge in [-0.1, -0.05) is 0 Å². The van der Waals surface area contributed by atoms with Crippen molar-refractivity contribution >= 4 is 17.3 Å². The summed E-state index contributed by atoms with van der Waals surface area (Å²) in [6, 6.07) is 5.02. The third-order valence-electron chi connectivity index (χ3n) is 2.80. The molecule has 0 aliphatic rings. The highest BCUT2D eigenvalue weighted by molar-refractivity contribution is 6.00. The molecule has 1 atom stereocenters. The molecule has 1 unspecified atom stereocenters. The second kappa shape index (κ2) is 5.54. The Morgan fingerprint density at radius 3 is 2.76 bits per heavy atom. The molecule has 0 aliphatic carbocycles. The Kier molecular flexibility index (Phi) is 4.34. The number of benzene rings is 1. The maximum atomic E-state index is 11.7. The Balaban J connectivity index is 3.19. The molecule has 1 aromatic carbocycles. The summed E-state index contributed by atoms with van der Waals surface area (Å²) in [5.41, 5.74) is 7.57. The molecule has 1 rings (SSSR count). The molecule has 0 fully saturated rings. The number of aliphatic hydroxyl groups excluding tert-OH is 1. The molecule has 0 saturated heterocycles. The van der Waals surface area contributed by atoms with Crippen molar-refractivity contribution in [3.8, 4) is 0 Å². The third kappa shape index (κ3) is 2.88. The number of likely N-dealkylation sites (N-methyl/N-ethyl adjacent to an activating group) is 1. The van der Waals surface area contributed by atoms with Crippen LogP contribution in [0.5, 0.6) is 0 Å². The van der Waals surface area contributed by atoms with E-state index in [-0.39, 0.29) is 18.6 Å². The quantitative estimate of drug-likeness (QED) is 0.664. The summed E-state index contributed by atoms with van der Waals surface area (Å²) >= 11 is 0. The number of carbonyl (C=O) groups is 1. The number of nitrogens with two attached hydrogens (primary N) is 1. The van der Waals surface area contributed by atoms with Gasteiger partial charge in [0, 0.05) is 25.8 Å². The highest BCUT2D eigenvalue weighted by Crippen LogP contribution is 2.24. The normalized spacial score (nSPS) is 12.0. The average molecular weight is 237 g/mol. The monoisotopic (exact) mass is 237 g/mol. The molecule has 17 heavy (non-hydrogen) atoms. The Morgan fingerprint density at radius 1 is 1.59 bits per heavy atom. The lowest BCUT2D eigenvalue weighted by Gasteiger charge is -2.27. The summed E-state index contributed by atoms with van der Waals surface area (Å²) in [6.07, 6.45) is 0. The van der Waals surface area contributed by atoms with Crippen LogP contribution in [0.1, 0.15) is 17.3 Å². The van der Waals surface area contributed by atoms with E-state index in [2.05, 4.69) is 5.32 Å². The first-order valence-electron chi connectivity index (χ1n) is 5.46. The van der Waals surface area contributed by atoms with Crippen molar-refractivity contribution in [2.24, 2.45) is 0 Å². The molecule has 4 N–H and O–H groups in total. The van der Waals surface area contributed by atoms with Crippen LogP contribution in [-0.4, -0.2) is 37.8 Å². The number of aliphatic hydroxyl groups is 1. The van der Waals surface area contributed by atoms with Crippen LogP contribution in [0.2, 0.25) is 0 Å². The zero-order chi connectivity index (χ0) is 13.0. The first-order valence-corrected chi connectivity index (χ1v) is 5.46. The van der Waals surface area contributed by atoms with Gasteiger partial charge in [-0.3, -0.25) is 4.79 Å². The van der Waals surface area contributed by atoms with Crippen LogP contribution in [0.3, 0.4) is 0 Å². The van der Waals surface area contributed by atoms with Gasteiger partial charge < -0.3 is 21.1 Å². The second-order valence-electron chi connectivity index (χ2n) is 4.00. The molecule has 0 heterocycles. The molecular weight excluding hydrogens is 218 g/mol. The van der Waals surface area contributed by atoms with Gasteiger partial charge in [-0.25, -0.2) is 0 Å². The predicted octanol–water partition coefficient (Wildman–Crippen LogP) is 0.445. The molecule has 0 aromatic heterocycles. The largest absolute Gasteiger partial charge is 0.399 e. The van der Waals surface area contributed by atoms with E-state index in [1.165, 1.54) is 0 Å². The van der Waals surface area contributed by atoms with Crippen LogP contribution in [0, 0.1) is 0 Å². The molecule has 0 bridgehead atoms. The van der Waals surface area contributed by atoms with E-state index in [1.54, 1.807) is 25.2 Å². The second-order valence-corrected chi connectivity index (χ2v) is 4.00. The van der Waals surface area contributed by atoms with Gasteiger partial charge in [-0.15, -0.1) is 0 Å². The van der Waals surface area contributed by atoms with Crippen LogP contribution in [0.25, 0.3) is 0 Å². The van der Waals surface area contributed by atoms with Crippen molar-refractivity contribution in [2.45, 2.75) is 13.0 Å². The first-order chi connectivity index (χ1) is 8.01. The van der Waals surface area contributed by atoms with E-state index in [4.69, 9.17) is 10.8 Å². The minimum absolute atomic E-state index is 0.0124. The number of nitrogens with one attached hydrogen (secondary N) is 1. The average Bonchev–Trinajstić information content (AvgIpc) is 2.35. The number of nitrogen functional groups attached to an aromatic ring is 1. The maximum absolute atomic E-state index is 11.7. The molecule has 1 amide bonds. The number of anilines is 2. The first kappa shape index (κ1) is 13.3. The third-order valence-corrected chi connectivity index (χ3v) is 2.80. The molecule has 94 valence electrons. The Bertz CT molecular complexity index is 407. The van der Waals surface area contributed by atoms with Crippen molar-refractivity contribution in [1.82, 2.24) is 5.32 Å². The number of nitrogens with zero attached hydrogens (tertiary/aromatic N) is 1. The lowest BCUT2D eigenvalue weighted by atomic mass is 10.1. The highest BCUT2D eigenvalue weighted by atomic mass is 16.3. The zero-order valence-corrected chi connectivity index (χ0v) is 10.4. The summed E-state index contributed by atoms with van der Waals surface area (Å²) in [7, 11) is 3.40. The Morgan fingerprint density at radius 2 is 2.24 bits per heavy atom. The van der Waals surface area contributed by atoms with E-state index in [0.29, 0.717) is 16.9 Å². The SMILES string of the molecule is CNC(=O)c1ccc(N)cc1N(C)C(C)CO. The number of amides is 1. The van der Waals surface area contributed by atoms with Crippen LogP contribution in [-0.2, 0) is 0 Å². The molecule has 0 spiro atoms. The summed E-state index contributed by atoms with van der Waals surface area (Å²) in [4.78, 5) is 13.6. The minimum atomic E-state index is -0.169. The van der Waals surface area contributed by atoms with Crippen molar-refractivity contribution in [1.29, 1.82) is 0 Å². The fourth-order valence-corrected chi connectivity index (χ4v) is 1.53. The van der Waals surface area contributed by atoms with Crippen LogP contribution >= 0.6 is 0 Å². The van der Waals surface area contributed by atoms with Crippen molar-refractivity contribution in [3.63, 3.8) is 0 Å². The van der Waals surface area contributed by atoms with Gasteiger partial charge in [0.1, 0.15) is 0 Å². The number of rotatable bonds is 4. The van der Waals surface area contributed by atoms with Crippen molar-refractivity contribution in [3.05, 3.63) is 23.8 Å². The smallest absolute Gasteiger partial charge is 0.253 e. The summed E-state index contributed by atoms with van der Waals surface area (Å²) in [6.45, 7) is 1.88. The van der Waals surface area contributed by atoms with Crippen molar-refractivity contribution in [2.75, 3.05) is 31.3 Å². The molecule has 1 aromatic rings. The lowest BCUT2D eigenvalue weighted by molar-refractivity contribution is 0.0963.